The van der Waals surface area contributed by atoms with Crippen molar-refractivity contribution >= 4 is 95.2 Å². The van der Waals surface area contributed by atoms with Crippen molar-refractivity contribution in [3.05, 3.63) is 86.2 Å². The number of fused-ring (bicyclic) bond motifs is 2. The van der Waals surface area contributed by atoms with Crippen LogP contribution < -0.4 is 16.4 Å². The van der Waals surface area contributed by atoms with Crippen LogP contribution in [-0.2, 0) is 20.2 Å². The first-order valence-electron chi connectivity index (χ1n) is 11.2. The second kappa shape index (κ2) is 10.5. The molecule has 13 nitrogen and oxygen atoms in total. The highest BCUT2D eigenvalue weighted by atomic mass is 35.5. The number of rotatable bonds is 6. The van der Waals surface area contributed by atoms with Gasteiger partial charge in [-0.3, -0.25) is 18.7 Å². The zero-order valence-corrected chi connectivity index (χ0v) is 24.3. The summed E-state index contributed by atoms with van der Waals surface area (Å²) in [5.74, 6) is -1.67. The van der Waals surface area contributed by atoms with E-state index in [4.69, 9.17) is 40.5 Å². The van der Waals surface area contributed by atoms with E-state index in [1.807, 2.05) is 0 Å². The van der Waals surface area contributed by atoms with Crippen LogP contribution in [-0.4, -0.2) is 47.5 Å². The van der Waals surface area contributed by atoms with Crippen molar-refractivity contribution in [2.45, 2.75) is 9.79 Å². The number of nitrogens with two attached hydrogens (primary N) is 1. The Hall–Kier alpha value is -3.83. The quantitative estimate of drug-likeness (QED) is 0.0712. The van der Waals surface area contributed by atoms with Crippen LogP contribution in [0.1, 0.15) is 31.8 Å². The lowest BCUT2D eigenvalue weighted by Crippen LogP contribution is -2.25. The summed E-state index contributed by atoms with van der Waals surface area (Å²) < 4.78 is 68.7. The first-order valence-corrected chi connectivity index (χ1v) is 15.3. The summed E-state index contributed by atoms with van der Waals surface area (Å²) in [6, 6.07) is 9.96. The average Bonchev–Trinajstić information content (AvgIpc) is 2.90. The van der Waals surface area contributed by atoms with Crippen LogP contribution in [0, 0.1) is 0 Å². The van der Waals surface area contributed by atoms with Gasteiger partial charge in [-0.25, -0.2) is 4.98 Å². The molecule has 1 aliphatic rings. The van der Waals surface area contributed by atoms with Gasteiger partial charge >= 0.3 is 0 Å². The SMILES string of the molecule is Nc1c(S(=O)(=O)O)cc(Nc2ccc(Nc3nc(Cl)nc(Cl)c3Cl)c(S(=O)(=O)O)c2)c2c1C(=O)c1ccccc1C2=O. The van der Waals surface area contributed by atoms with E-state index < -0.39 is 52.8 Å². The largest absolute Gasteiger partial charge is 0.397 e. The number of carbonyl (C=O) groups excluding carboxylic acids is 2. The van der Waals surface area contributed by atoms with E-state index in [1.165, 1.54) is 36.4 Å². The van der Waals surface area contributed by atoms with Crippen molar-refractivity contribution in [3.63, 3.8) is 0 Å². The van der Waals surface area contributed by atoms with Crippen molar-refractivity contribution in [1.82, 2.24) is 9.97 Å². The summed E-state index contributed by atoms with van der Waals surface area (Å²) in [7, 11) is -9.95. The van der Waals surface area contributed by atoms with Crippen LogP contribution in [0.15, 0.2) is 58.3 Å². The van der Waals surface area contributed by atoms with Gasteiger partial charge in [0, 0.05) is 16.8 Å². The number of anilines is 5. The number of nitrogens with zero attached hydrogens (tertiary/aromatic N) is 2. The maximum atomic E-state index is 13.5. The van der Waals surface area contributed by atoms with Gasteiger partial charge in [0.05, 0.1) is 28.2 Å². The van der Waals surface area contributed by atoms with Gasteiger partial charge in [-0.1, -0.05) is 47.5 Å². The molecule has 0 saturated carbocycles. The molecule has 3 aromatic carbocycles. The lowest BCUT2D eigenvalue weighted by Gasteiger charge is -2.24. The Bertz CT molecular complexity index is 2090. The van der Waals surface area contributed by atoms with E-state index in [-0.39, 0.29) is 55.0 Å². The summed E-state index contributed by atoms with van der Waals surface area (Å²) in [4.78, 5) is 32.7. The molecule has 1 heterocycles. The molecule has 0 spiro atoms. The molecule has 18 heteroatoms. The number of benzene rings is 3. The summed E-state index contributed by atoms with van der Waals surface area (Å²) in [6.07, 6.45) is 0. The van der Waals surface area contributed by atoms with Crippen molar-refractivity contribution in [3.8, 4) is 0 Å². The molecule has 0 unspecified atom stereocenters. The van der Waals surface area contributed by atoms with Crippen molar-refractivity contribution < 1.29 is 35.5 Å². The van der Waals surface area contributed by atoms with E-state index in [9.17, 15) is 35.5 Å². The number of carbonyl (C=O) groups is 2. The molecule has 1 aromatic heterocycles. The summed E-state index contributed by atoms with van der Waals surface area (Å²) in [5, 5.41) is 4.50. The number of nitrogen functional groups attached to an aromatic ring is 1. The Balaban J connectivity index is 1.67. The van der Waals surface area contributed by atoms with E-state index in [1.54, 1.807) is 0 Å². The fourth-order valence-electron chi connectivity index (χ4n) is 4.28. The van der Waals surface area contributed by atoms with Crippen molar-refractivity contribution in [1.29, 1.82) is 0 Å². The lowest BCUT2D eigenvalue weighted by atomic mass is 9.82. The first-order chi connectivity index (χ1) is 19.6. The van der Waals surface area contributed by atoms with Gasteiger partial charge in [0.15, 0.2) is 22.5 Å². The molecule has 0 aliphatic heterocycles. The Morgan fingerprint density at radius 3 is 1.93 bits per heavy atom. The molecular formula is C24H14Cl3N5O8S2. The highest BCUT2D eigenvalue weighted by Gasteiger charge is 2.36. The second-order valence-corrected chi connectivity index (χ2v) is 12.5. The van der Waals surface area contributed by atoms with E-state index in [2.05, 4.69) is 20.6 Å². The Morgan fingerprint density at radius 2 is 1.33 bits per heavy atom. The Morgan fingerprint density at radius 1 is 0.738 bits per heavy atom. The highest BCUT2D eigenvalue weighted by molar-refractivity contribution is 7.86. The van der Waals surface area contributed by atoms with Crippen molar-refractivity contribution in [2.75, 3.05) is 16.4 Å². The number of halogens is 3. The second-order valence-electron chi connectivity index (χ2n) is 8.65. The molecule has 0 saturated heterocycles. The number of nitrogens with one attached hydrogen (secondary N) is 2. The fourth-order valence-corrected chi connectivity index (χ4v) is 6.12. The molecule has 42 heavy (non-hydrogen) atoms. The molecule has 0 bridgehead atoms. The van der Waals surface area contributed by atoms with Crippen LogP contribution >= 0.6 is 34.8 Å². The average molecular weight is 671 g/mol. The van der Waals surface area contributed by atoms with Gasteiger partial charge in [0.2, 0.25) is 5.28 Å². The monoisotopic (exact) mass is 669 g/mol. The zero-order valence-electron chi connectivity index (χ0n) is 20.4. The molecule has 216 valence electrons. The van der Waals surface area contributed by atoms with Gasteiger partial charge < -0.3 is 16.4 Å². The third-order valence-electron chi connectivity index (χ3n) is 6.05. The number of hydrogen-bond acceptors (Lipinski definition) is 11. The zero-order chi connectivity index (χ0) is 30.7. The standard InChI is InChI=1S/C24H14Cl3N5O8S2/c25-18-22(26)31-24(27)32-23(18)30-12-6-5-9(7-14(12)41(35,36)37)29-13-8-15(42(38,39)40)19(28)17-16(13)20(33)10-3-1-2-4-11(10)21(17)34/h1-8,29H,28H2,(H,30,31,32)(H,35,36,37)(H,38,39,40). The number of hydrogen-bond donors (Lipinski definition) is 5. The highest BCUT2D eigenvalue weighted by Crippen LogP contribution is 2.41. The molecule has 4 aromatic rings. The number of ketones is 2. The van der Waals surface area contributed by atoms with Gasteiger partial charge in [-0.2, -0.15) is 21.8 Å². The van der Waals surface area contributed by atoms with E-state index in [0.717, 1.165) is 12.1 Å². The number of aromatic nitrogens is 2. The minimum atomic E-state index is -5.00. The maximum absolute atomic E-state index is 13.5. The van der Waals surface area contributed by atoms with Crippen LogP contribution in [0.3, 0.4) is 0 Å². The molecule has 0 radical (unpaired) electrons. The molecule has 0 amide bonds. The fraction of sp³-hybridized carbons (Fsp3) is 0. The van der Waals surface area contributed by atoms with Crippen molar-refractivity contribution in [2.24, 2.45) is 0 Å². The Kier molecular flexibility index (Phi) is 7.39. The first kappa shape index (κ1) is 29.7. The van der Waals surface area contributed by atoms with Gasteiger partial charge in [-0.05, 0) is 35.9 Å². The van der Waals surface area contributed by atoms with Gasteiger partial charge in [0.25, 0.3) is 20.2 Å². The third-order valence-corrected chi connectivity index (χ3v) is 8.74. The van der Waals surface area contributed by atoms with Gasteiger partial charge in [0.1, 0.15) is 14.8 Å². The van der Waals surface area contributed by atoms with E-state index in [0.29, 0.717) is 0 Å². The van der Waals surface area contributed by atoms with Crippen LogP contribution in [0.5, 0.6) is 0 Å². The minimum absolute atomic E-state index is 0.00859. The molecular weight excluding hydrogens is 657 g/mol. The normalized spacial score (nSPS) is 13.0. The van der Waals surface area contributed by atoms with Crippen LogP contribution in [0.4, 0.5) is 28.6 Å². The Labute approximate surface area is 252 Å². The molecule has 5 rings (SSSR count). The lowest BCUT2D eigenvalue weighted by molar-refractivity contribution is 0.0980. The van der Waals surface area contributed by atoms with Crippen LogP contribution in [0.2, 0.25) is 15.5 Å². The summed E-state index contributed by atoms with van der Waals surface area (Å²) in [6.45, 7) is 0. The molecule has 0 atom stereocenters. The molecule has 1 aliphatic carbocycles. The smallest absolute Gasteiger partial charge is 0.296 e. The predicted octanol–water partition coefficient (Wildman–Crippen LogP) is 4.78. The molecule has 0 fully saturated rings. The van der Waals surface area contributed by atoms with E-state index >= 15 is 0 Å². The summed E-state index contributed by atoms with van der Waals surface area (Å²) >= 11 is 17.8. The minimum Gasteiger partial charge on any atom is -0.397 e. The van der Waals surface area contributed by atoms with Crippen LogP contribution in [0.25, 0.3) is 0 Å². The topological polar surface area (TPSA) is 219 Å². The predicted molar refractivity (Wildman–Crippen MR) is 154 cm³/mol. The third kappa shape index (κ3) is 5.27. The maximum Gasteiger partial charge on any atom is 0.296 e. The molecule has 6 N–H and O–H groups in total. The summed E-state index contributed by atoms with van der Waals surface area (Å²) in [5.41, 5.74) is 3.84. The van der Waals surface area contributed by atoms with Gasteiger partial charge in [-0.15, -0.1) is 0 Å².